The van der Waals surface area contributed by atoms with Crippen LogP contribution in [0.4, 0.5) is 0 Å². The van der Waals surface area contributed by atoms with E-state index >= 15 is 0 Å². The number of hydrogen-bond donors (Lipinski definition) is 2. The molecular weight excluding hydrogens is 460 g/mol. The molecule has 0 amide bonds. The predicted octanol–water partition coefficient (Wildman–Crippen LogP) is 5.19. The standard InChI is InChI=1S/C27H36N4O3S/c1-19-26(17-29-30-19)35-14-4-12-31-13-10-20(22(18-31)15-27(32)33)5-3-6-21-9-11-28-25-8-7-23(34-2)16-24(21)25/h7-9,11,16-17,20,22H,3-6,10,12-15,18H2,1-2H3,(H,29,30)(H,32,33)/t20-,22+/m1/s1. The largest absolute Gasteiger partial charge is 0.497 e. The van der Waals surface area contributed by atoms with Crippen LogP contribution in [0, 0.1) is 18.8 Å². The van der Waals surface area contributed by atoms with Crippen LogP contribution in [-0.4, -0.2) is 63.7 Å². The second kappa shape index (κ2) is 12.4. The Morgan fingerprint density at radius 3 is 2.94 bits per heavy atom. The van der Waals surface area contributed by atoms with Crippen LogP contribution in [-0.2, 0) is 11.2 Å². The number of fused-ring (bicyclic) bond motifs is 1. The molecule has 3 heterocycles. The minimum atomic E-state index is -0.680. The number of thioether (sulfide) groups is 1. The van der Waals surface area contributed by atoms with Crippen LogP contribution in [0.25, 0.3) is 10.9 Å². The number of likely N-dealkylation sites (tertiary alicyclic amines) is 1. The van der Waals surface area contributed by atoms with Crippen LogP contribution in [0.15, 0.2) is 41.6 Å². The van der Waals surface area contributed by atoms with Crippen molar-refractivity contribution >= 4 is 28.6 Å². The van der Waals surface area contributed by atoms with E-state index < -0.39 is 5.97 Å². The summed E-state index contributed by atoms with van der Waals surface area (Å²) < 4.78 is 5.40. The molecule has 4 rings (SSSR count). The lowest BCUT2D eigenvalue weighted by atomic mass is 9.80. The molecule has 1 fully saturated rings. The molecule has 35 heavy (non-hydrogen) atoms. The van der Waals surface area contributed by atoms with Crippen LogP contribution >= 0.6 is 11.8 Å². The number of aliphatic carboxylic acids is 1. The molecule has 7 nitrogen and oxygen atoms in total. The van der Waals surface area contributed by atoms with E-state index in [1.165, 1.54) is 10.5 Å². The highest BCUT2D eigenvalue weighted by Gasteiger charge is 2.30. The highest BCUT2D eigenvalue weighted by molar-refractivity contribution is 7.99. The molecule has 2 aromatic heterocycles. The fourth-order valence-corrected chi connectivity index (χ4v) is 6.11. The molecular formula is C27H36N4O3S. The normalized spacial score (nSPS) is 18.7. The van der Waals surface area contributed by atoms with Gasteiger partial charge in [-0.3, -0.25) is 14.9 Å². The van der Waals surface area contributed by atoms with E-state index in [2.05, 4.69) is 32.2 Å². The SMILES string of the molecule is COc1ccc2nccc(CCC[C@@H]3CCN(CCCSc4cn[nH]c4C)C[C@@H]3CC(=O)O)c2c1. The number of pyridine rings is 1. The number of rotatable bonds is 12. The number of hydrogen-bond acceptors (Lipinski definition) is 6. The highest BCUT2D eigenvalue weighted by atomic mass is 32.2. The third-order valence-electron chi connectivity index (χ3n) is 7.13. The fourth-order valence-electron chi connectivity index (χ4n) is 5.23. The summed E-state index contributed by atoms with van der Waals surface area (Å²) in [6, 6.07) is 8.11. The van der Waals surface area contributed by atoms with Gasteiger partial charge in [0, 0.05) is 35.1 Å². The molecule has 0 bridgehead atoms. The van der Waals surface area contributed by atoms with Gasteiger partial charge in [-0.05, 0) is 99.5 Å². The summed E-state index contributed by atoms with van der Waals surface area (Å²) in [4.78, 5) is 19.8. The predicted molar refractivity (Wildman–Crippen MR) is 140 cm³/mol. The first-order chi connectivity index (χ1) is 17.0. The Labute approximate surface area is 211 Å². The number of ether oxygens (including phenoxy) is 1. The van der Waals surface area contributed by atoms with Crippen molar-refractivity contribution in [2.45, 2.75) is 50.3 Å². The van der Waals surface area contributed by atoms with Crippen molar-refractivity contribution in [2.24, 2.45) is 11.8 Å². The zero-order valence-electron chi connectivity index (χ0n) is 20.7. The number of benzene rings is 1. The monoisotopic (exact) mass is 496 g/mol. The van der Waals surface area contributed by atoms with Gasteiger partial charge in [0.05, 0.1) is 18.8 Å². The highest BCUT2D eigenvalue weighted by Crippen LogP contribution is 2.32. The lowest BCUT2D eigenvalue weighted by Crippen LogP contribution is -2.41. The fraction of sp³-hybridized carbons (Fsp3) is 0.519. The lowest BCUT2D eigenvalue weighted by Gasteiger charge is -2.38. The van der Waals surface area contributed by atoms with Crippen molar-refractivity contribution in [3.63, 3.8) is 0 Å². The van der Waals surface area contributed by atoms with Crippen molar-refractivity contribution in [3.8, 4) is 5.75 Å². The average molecular weight is 497 g/mol. The average Bonchev–Trinajstić information content (AvgIpc) is 3.27. The number of methoxy groups -OCH3 is 1. The molecule has 3 aromatic rings. The Balaban J connectivity index is 1.28. The number of carboxylic acid groups (broad SMARTS) is 1. The molecule has 188 valence electrons. The van der Waals surface area contributed by atoms with Crippen LogP contribution in [0.2, 0.25) is 0 Å². The van der Waals surface area contributed by atoms with Gasteiger partial charge < -0.3 is 14.7 Å². The maximum Gasteiger partial charge on any atom is 0.303 e. The Kier molecular flexibility index (Phi) is 9.04. The van der Waals surface area contributed by atoms with Gasteiger partial charge in [-0.2, -0.15) is 5.10 Å². The number of piperidine rings is 1. The molecule has 2 atom stereocenters. The van der Waals surface area contributed by atoms with Gasteiger partial charge in [0.15, 0.2) is 0 Å². The van der Waals surface area contributed by atoms with E-state index in [4.69, 9.17) is 4.74 Å². The van der Waals surface area contributed by atoms with Crippen molar-refractivity contribution in [2.75, 3.05) is 32.5 Å². The summed E-state index contributed by atoms with van der Waals surface area (Å²) in [5, 5.41) is 17.7. The van der Waals surface area contributed by atoms with Crippen molar-refractivity contribution in [3.05, 3.63) is 47.9 Å². The van der Waals surface area contributed by atoms with Crippen LogP contribution in [0.3, 0.4) is 0 Å². The molecule has 0 aliphatic carbocycles. The van der Waals surface area contributed by atoms with Crippen LogP contribution < -0.4 is 4.74 Å². The van der Waals surface area contributed by atoms with Gasteiger partial charge in [-0.25, -0.2) is 0 Å². The van der Waals surface area contributed by atoms with Gasteiger partial charge in [0.25, 0.3) is 0 Å². The Bertz CT molecular complexity index is 1120. The van der Waals surface area contributed by atoms with Crippen LogP contribution in [0.1, 0.15) is 43.4 Å². The molecule has 0 radical (unpaired) electrons. The van der Waals surface area contributed by atoms with E-state index in [-0.39, 0.29) is 12.3 Å². The van der Waals surface area contributed by atoms with E-state index in [0.29, 0.717) is 5.92 Å². The maximum absolute atomic E-state index is 11.6. The number of nitrogens with one attached hydrogen (secondary N) is 1. The number of nitrogens with zero attached hydrogens (tertiary/aromatic N) is 3. The number of aromatic nitrogens is 3. The third-order valence-corrected chi connectivity index (χ3v) is 8.35. The van der Waals surface area contributed by atoms with Gasteiger partial charge in [0.1, 0.15) is 5.75 Å². The van der Waals surface area contributed by atoms with E-state index in [1.807, 2.05) is 43.2 Å². The van der Waals surface area contributed by atoms with Gasteiger partial charge in [-0.15, -0.1) is 11.8 Å². The van der Waals surface area contributed by atoms with E-state index in [9.17, 15) is 9.90 Å². The van der Waals surface area contributed by atoms with Gasteiger partial charge >= 0.3 is 5.97 Å². The Hall–Kier alpha value is -2.58. The summed E-state index contributed by atoms with van der Waals surface area (Å²) in [7, 11) is 1.69. The summed E-state index contributed by atoms with van der Waals surface area (Å²) >= 11 is 1.84. The number of H-pyrrole nitrogens is 1. The first-order valence-corrected chi connectivity index (χ1v) is 13.5. The molecule has 0 unspecified atom stereocenters. The van der Waals surface area contributed by atoms with Crippen molar-refractivity contribution in [1.29, 1.82) is 0 Å². The molecule has 8 heteroatoms. The number of aromatic amines is 1. The third kappa shape index (κ3) is 6.98. The topological polar surface area (TPSA) is 91.3 Å². The van der Waals surface area contributed by atoms with Gasteiger partial charge in [0.2, 0.25) is 0 Å². The number of aryl methyl sites for hydroxylation is 2. The first kappa shape index (κ1) is 25.5. The molecule has 1 aliphatic rings. The molecule has 2 N–H and O–H groups in total. The van der Waals surface area contributed by atoms with Gasteiger partial charge in [-0.1, -0.05) is 0 Å². The lowest BCUT2D eigenvalue weighted by molar-refractivity contribution is -0.139. The smallest absolute Gasteiger partial charge is 0.303 e. The Morgan fingerprint density at radius 1 is 1.29 bits per heavy atom. The summed E-state index contributed by atoms with van der Waals surface area (Å²) in [6.07, 6.45) is 9.29. The second-order valence-electron chi connectivity index (χ2n) is 9.51. The Morgan fingerprint density at radius 2 is 2.17 bits per heavy atom. The minimum absolute atomic E-state index is 0.222. The summed E-state index contributed by atoms with van der Waals surface area (Å²) in [5.41, 5.74) is 3.39. The molecule has 1 aromatic carbocycles. The zero-order chi connectivity index (χ0) is 24.6. The first-order valence-electron chi connectivity index (χ1n) is 12.5. The molecule has 0 spiro atoms. The number of carboxylic acids is 1. The van der Waals surface area contributed by atoms with E-state index in [0.717, 1.165) is 79.8 Å². The zero-order valence-corrected chi connectivity index (χ0v) is 21.5. The molecule has 1 saturated heterocycles. The second-order valence-corrected chi connectivity index (χ2v) is 10.7. The quantitative estimate of drug-likeness (QED) is 0.263. The van der Waals surface area contributed by atoms with E-state index in [1.54, 1.807) is 7.11 Å². The molecule has 1 aliphatic heterocycles. The summed E-state index contributed by atoms with van der Waals surface area (Å²) in [5.74, 6) is 1.90. The molecule has 0 saturated carbocycles. The van der Waals surface area contributed by atoms with Crippen molar-refractivity contribution in [1.82, 2.24) is 20.1 Å². The van der Waals surface area contributed by atoms with Crippen molar-refractivity contribution < 1.29 is 14.6 Å². The maximum atomic E-state index is 11.6. The van der Waals surface area contributed by atoms with Crippen LogP contribution in [0.5, 0.6) is 5.75 Å². The minimum Gasteiger partial charge on any atom is -0.497 e. The summed E-state index contributed by atoms with van der Waals surface area (Å²) in [6.45, 7) is 5.02. The number of carbonyl (C=O) groups is 1.